The van der Waals surface area contributed by atoms with Crippen molar-refractivity contribution in [2.45, 2.75) is 56.5 Å². The summed E-state index contributed by atoms with van der Waals surface area (Å²) in [5, 5.41) is 43.4. The first kappa shape index (κ1) is 35.7. The van der Waals surface area contributed by atoms with E-state index < -0.39 is 77.8 Å². The van der Waals surface area contributed by atoms with E-state index in [4.69, 9.17) is 9.47 Å². The predicted molar refractivity (Wildman–Crippen MR) is 155 cm³/mol. The number of anilines is 2. The highest BCUT2D eigenvalue weighted by Crippen LogP contribution is 2.24. The molecule has 1 aromatic carbocycles. The maximum absolute atomic E-state index is 13.2. The number of H-pyrrole nitrogens is 1. The van der Waals surface area contributed by atoms with Gasteiger partial charge in [-0.25, -0.2) is 4.98 Å². The molecule has 1 aliphatic rings. The Morgan fingerprint density at radius 2 is 1.63 bits per heavy atom. The summed E-state index contributed by atoms with van der Waals surface area (Å²) in [6, 6.07) is 4.28. The molecule has 1 aromatic heterocycles. The van der Waals surface area contributed by atoms with Crippen molar-refractivity contribution in [3.63, 3.8) is 0 Å². The van der Waals surface area contributed by atoms with Gasteiger partial charge in [0.15, 0.2) is 6.10 Å². The summed E-state index contributed by atoms with van der Waals surface area (Å²) in [5.41, 5.74) is -0.705. The van der Waals surface area contributed by atoms with Crippen molar-refractivity contribution >= 4 is 40.8 Å². The van der Waals surface area contributed by atoms with Gasteiger partial charge in [0.1, 0.15) is 24.1 Å². The number of Topliss-reactive ketones (excluding diaryl/α,β-unsaturated/α-hetero) is 1. The van der Waals surface area contributed by atoms with Gasteiger partial charge in [0, 0.05) is 17.8 Å². The number of amides is 4. The molecule has 0 saturated carbocycles. The highest BCUT2D eigenvalue weighted by atomic mass is 19.1. The number of nitrogens with zero attached hydrogens (tertiary/aromatic N) is 1. The number of likely N-dealkylation sites (N-methyl/N-ethyl adjacent to an activating group) is 1. The molecule has 1 saturated heterocycles. The van der Waals surface area contributed by atoms with E-state index in [2.05, 4.69) is 31.6 Å². The molecule has 0 radical (unpaired) electrons. The van der Waals surface area contributed by atoms with Gasteiger partial charge in [0.25, 0.3) is 17.5 Å². The largest absolute Gasteiger partial charge is 0.432 e. The van der Waals surface area contributed by atoms with Crippen molar-refractivity contribution in [3.05, 3.63) is 46.6 Å². The number of aliphatic hydroxyl groups is 3. The number of carbonyl (C=O) groups is 5. The molecule has 1 aliphatic heterocycles. The lowest BCUT2D eigenvalue weighted by Gasteiger charge is -2.39. The van der Waals surface area contributed by atoms with Crippen LogP contribution >= 0.6 is 0 Å². The van der Waals surface area contributed by atoms with Gasteiger partial charge < -0.3 is 51.4 Å². The number of nitrogens with one attached hydrogen (secondary N) is 6. The fourth-order valence-electron chi connectivity index (χ4n) is 4.03. The third-order valence-electron chi connectivity index (χ3n) is 6.51. The smallest absolute Gasteiger partial charge is 0.299 e. The van der Waals surface area contributed by atoms with Crippen molar-refractivity contribution in [2.24, 2.45) is 0 Å². The number of ketones is 1. The number of ether oxygens (including phenoxy) is 2. The molecule has 2 heterocycles. The molecule has 0 bridgehead atoms. The molecule has 0 spiro atoms. The van der Waals surface area contributed by atoms with Crippen LogP contribution in [0.2, 0.25) is 0 Å². The fraction of sp³-hybridized carbons (Fsp3) is 0.444. The SMILES string of the molecule is CNC(CCC(=O)NCC(C)=O)C(=O)NCC(=O)Nc1ccc(NC(=O)C2OC(Oc3ncc(F)c(=O)[nH]3)C(O)C(O)C2O)cc1. The van der Waals surface area contributed by atoms with Gasteiger partial charge in [-0.2, -0.15) is 4.39 Å². The minimum Gasteiger partial charge on any atom is -0.432 e. The highest BCUT2D eigenvalue weighted by Gasteiger charge is 2.48. The van der Waals surface area contributed by atoms with Crippen LogP contribution in [-0.2, 0) is 28.7 Å². The summed E-state index contributed by atoms with van der Waals surface area (Å²) >= 11 is 0. The van der Waals surface area contributed by atoms with Gasteiger partial charge in [-0.1, -0.05) is 0 Å². The molecule has 19 heteroatoms. The maximum Gasteiger partial charge on any atom is 0.299 e. The molecule has 4 amide bonds. The summed E-state index contributed by atoms with van der Waals surface area (Å²) in [6.07, 6.45) is -8.59. The van der Waals surface area contributed by atoms with Crippen LogP contribution in [0, 0.1) is 5.82 Å². The molecule has 1 fully saturated rings. The average molecular weight is 652 g/mol. The van der Waals surface area contributed by atoms with Crippen LogP contribution in [0.3, 0.4) is 0 Å². The van der Waals surface area contributed by atoms with Crippen LogP contribution in [0.4, 0.5) is 15.8 Å². The molecule has 6 atom stereocenters. The lowest BCUT2D eigenvalue weighted by Crippen LogP contribution is -2.62. The minimum absolute atomic E-state index is 0.0143. The number of carbonyl (C=O) groups excluding carboxylic acids is 5. The van der Waals surface area contributed by atoms with Gasteiger partial charge in [-0.05, 0) is 44.7 Å². The number of benzene rings is 1. The second-order valence-corrected chi connectivity index (χ2v) is 10.1. The number of halogens is 1. The third kappa shape index (κ3) is 10.1. The Bertz CT molecular complexity index is 1470. The molecule has 9 N–H and O–H groups in total. The van der Waals surface area contributed by atoms with E-state index in [1.54, 1.807) is 0 Å². The Balaban J connectivity index is 1.49. The monoisotopic (exact) mass is 651 g/mol. The second kappa shape index (κ2) is 16.5. The van der Waals surface area contributed by atoms with Crippen LogP contribution in [0.25, 0.3) is 0 Å². The molecular weight excluding hydrogens is 617 g/mol. The lowest BCUT2D eigenvalue weighted by atomic mass is 9.98. The maximum atomic E-state index is 13.2. The van der Waals surface area contributed by atoms with E-state index in [1.807, 2.05) is 4.98 Å². The van der Waals surface area contributed by atoms with Gasteiger partial charge in [0.05, 0.1) is 25.3 Å². The molecular formula is C27H34FN7O11. The van der Waals surface area contributed by atoms with Crippen molar-refractivity contribution < 1.29 is 53.2 Å². The zero-order valence-electron chi connectivity index (χ0n) is 24.6. The number of aromatic amines is 1. The van der Waals surface area contributed by atoms with Gasteiger partial charge >= 0.3 is 0 Å². The molecule has 250 valence electrons. The predicted octanol–water partition coefficient (Wildman–Crippen LogP) is -3.14. The van der Waals surface area contributed by atoms with Gasteiger partial charge in [0.2, 0.25) is 29.8 Å². The summed E-state index contributed by atoms with van der Waals surface area (Å²) in [4.78, 5) is 77.2. The molecule has 2 aromatic rings. The Morgan fingerprint density at radius 3 is 2.24 bits per heavy atom. The standard InChI is InChI=1S/C27H34FN7O11/c1-12(36)9-30-17(37)8-7-16(29-2)24(43)31-11-18(38)33-13-3-5-14(6-4-13)34-25(44)22-20(40)19(39)21(41)26(45-22)46-27-32-10-15(28)23(42)35-27/h3-6,10,16,19-22,26,29,39-41H,7-9,11H2,1-2H3,(H,30,37)(H,31,43)(H,33,38)(H,34,44)(H,32,35,42). The number of hydrogen-bond acceptors (Lipinski definition) is 13. The lowest BCUT2D eigenvalue weighted by molar-refractivity contribution is -0.266. The normalized spacial score (nSPS) is 21.4. The van der Waals surface area contributed by atoms with Crippen molar-refractivity contribution in [2.75, 3.05) is 30.8 Å². The Hall–Kier alpha value is -4.82. The molecule has 3 rings (SSSR count). The van der Waals surface area contributed by atoms with Crippen LogP contribution in [0.5, 0.6) is 6.01 Å². The molecule has 46 heavy (non-hydrogen) atoms. The quantitative estimate of drug-likeness (QED) is 0.0979. The van der Waals surface area contributed by atoms with E-state index in [1.165, 1.54) is 38.2 Å². The van der Waals surface area contributed by atoms with E-state index in [9.17, 15) is 48.5 Å². The van der Waals surface area contributed by atoms with E-state index in [-0.39, 0.29) is 37.4 Å². The van der Waals surface area contributed by atoms with Crippen LogP contribution < -0.4 is 36.9 Å². The zero-order chi connectivity index (χ0) is 34.0. The summed E-state index contributed by atoms with van der Waals surface area (Å²) < 4.78 is 23.6. The summed E-state index contributed by atoms with van der Waals surface area (Å²) in [5.74, 6) is -3.85. The van der Waals surface area contributed by atoms with Gasteiger partial charge in [-0.3, -0.25) is 33.8 Å². The number of aromatic nitrogens is 2. The average Bonchev–Trinajstić information content (AvgIpc) is 3.02. The van der Waals surface area contributed by atoms with Crippen molar-refractivity contribution in [1.82, 2.24) is 25.9 Å². The number of hydrogen-bond donors (Lipinski definition) is 9. The fourth-order valence-corrected chi connectivity index (χ4v) is 4.03. The van der Waals surface area contributed by atoms with Crippen LogP contribution in [0.15, 0.2) is 35.3 Å². The summed E-state index contributed by atoms with van der Waals surface area (Å²) in [6.45, 7) is 0.841. The zero-order valence-corrected chi connectivity index (χ0v) is 24.6. The minimum atomic E-state index is -1.92. The van der Waals surface area contributed by atoms with Crippen molar-refractivity contribution in [1.29, 1.82) is 0 Å². The van der Waals surface area contributed by atoms with Gasteiger partial charge in [-0.15, -0.1) is 0 Å². The first-order chi connectivity index (χ1) is 21.8. The first-order valence-corrected chi connectivity index (χ1v) is 13.8. The molecule has 0 aliphatic carbocycles. The Kier molecular flexibility index (Phi) is 12.8. The molecule has 18 nitrogen and oxygen atoms in total. The van der Waals surface area contributed by atoms with E-state index in [0.717, 1.165) is 0 Å². The Labute approximate surface area is 260 Å². The number of aliphatic hydroxyl groups excluding tert-OH is 3. The number of rotatable bonds is 14. The van der Waals surface area contributed by atoms with Crippen LogP contribution in [-0.4, -0.2) is 112 Å². The van der Waals surface area contributed by atoms with Crippen molar-refractivity contribution in [3.8, 4) is 6.01 Å². The van der Waals surface area contributed by atoms with Crippen LogP contribution in [0.1, 0.15) is 19.8 Å². The van der Waals surface area contributed by atoms with E-state index >= 15 is 0 Å². The highest BCUT2D eigenvalue weighted by molar-refractivity contribution is 5.97. The van der Waals surface area contributed by atoms with E-state index in [0.29, 0.717) is 11.9 Å². The first-order valence-electron chi connectivity index (χ1n) is 13.8. The second-order valence-electron chi connectivity index (χ2n) is 10.1. The summed E-state index contributed by atoms with van der Waals surface area (Å²) in [7, 11) is 1.52. The molecule has 6 unspecified atom stereocenters. The Morgan fingerprint density at radius 1 is 0.978 bits per heavy atom. The topological polar surface area (TPSA) is 270 Å². The third-order valence-corrected chi connectivity index (χ3v) is 6.51.